The molecule has 6 heteroatoms. The minimum Gasteiger partial charge on any atom is -0.462 e. The maximum Gasteiger partial charge on any atom is 0.348 e. The number of esters is 1. The summed E-state index contributed by atoms with van der Waals surface area (Å²) in [6, 6.07) is 2.10. The molecule has 3 atom stereocenters. The van der Waals surface area contributed by atoms with Crippen LogP contribution >= 0.6 is 11.3 Å². The number of hydrogen-bond acceptors (Lipinski definition) is 5. The minimum absolute atomic E-state index is 0.00893. The molecule has 23 heavy (non-hydrogen) atoms. The van der Waals surface area contributed by atoms with Gasteiger partial charge in [-0.1, -0.05) is 6.42 Å². The summed E-state index contributed by atoms with van der Waals surface area (Å²) < 4.78 is 5.02. The molecular weight excluding hydrogens is 312 g/mol. The summed E-state index contributed by atoms with van der Waals surface area (Å²) in [5.74, 6) is 0.772. The predicted molar refractivity (Wildman–Crippen MR) is 87.3 cm³/mol. The first kappa shape index (κ1) is 16.0. The predicted octanol–water partition coefficient (Wildman–Crippen LogP) is 3.48. The normalized spacial score (nSPS) is 25.2. The van der Waals surface area contributed by atoms with Gasteiger partial charge < -0.3 is 10.1 Å². The molecule has 2 aliphatic carbocycles. The van der Waals surface area contributed by atoms with Crippen LogP contribution in [0.3, 0.4) is 0 Å². The molecule has 0 spiro atoms. The van der Waals surface area contributed by atoms with Crippen LogP contribution in [0.2, 0.25) is 0 Å². The van der Waals surface area contributed by atoms with Crippen LogP contribution in [-0.4, -0.2) is 18.5 Å². The van der Waals surface area contributed by atoms with Gasteiger partial charge in [0.05, 0.1) is 12.2 Å². The Morgan fingerprint density at radius 2 is 2.17 bits per heavy atom. The van der Waals surface area contributed by atoms with Crippen molar-refractivity contribution in [2.75, 3.05) is 11.9 Å². The van der Waals surface area contributed by atoms with Crippen LogP contribution in [0.25, 0.3) is 0 Å². The molecule has 3 rings (SSSR count). The summed E-state index contributed by atoms with van der Waals surface area (Å²) in [6.07, 6.45) is 4.47. The van der Waals surface area contributed by atoms with Crippen molar-refractivity contribution >= 4 is 28.2 Å². The van der Waals surface area contributed by atoms with E-state index in [0.29, 0.717) is 32.8 Å². The molecular formula is C17H20N2O3S. The lowest BCUT2D eigenvalue weighted by Gasteiger charge is -2.20. The number of anilines is 1. The topological polar surface area (TPSA) is 79.2 Å². The number of ether oxygens (including phenoxy) is 1. The fraction of sp³-hybridized carbons (Fsp3) is 0.588. The fourth-order valence-electron chi connectivity index (χ4n) is 3.90. The van der Waals surface area contributed by atoms with Crippen molar-refractivity contribution < 1.29 is 14.3 Å². The number of carbonyl (C=O) groups excluding carboxylic acids is 2. The lowest BCUT2D eigenvalue weighted by Crippen LogP contribution is -2.27. The second kappa shape index (κ2) is 6.32. The van der Waals surface area contributed by atoms with Gasteiger partial charge in [0.15, 0.2) is 0 Å². The first-order valence-corrected chi connectivity index (χ1v) is 8.88. The number of nitrogens with zero attached hydrogens (tertiary/aromatic N) is 1. The van der Waals surface area contributed by atoms with Gasteiger partial charge in [-0.3, -0.25) is 4.79 Å². The number of amides is 1. The number of nitriles is 1. The highest BCUT2D eigenvalue weighted by atomic mass is 32.1. The van der Waals surface area contributed by atoms with Gasteiger partial charge >= 0.3 is 5.97 Å². The summed E-state index contributed by atoms with van der Waals surface area (Å²) >= 11 is 1.14. The van der Waals surface area contributed by atoms with Crippen LogP contribution in [0.4, 0.5) is 5.00 Å². The monoisotopic (exact) mass is 332 g/mol. The van der Waals surface area contributed by atoms with Crippen LogP contribution in [0, 0.1) is 36.0 Å². The Kier molecular flexibility index (Phi) is 4.40. The van der Waals surface area contributed by atoms with E-state index in [1.807, 2.05) is 0 Å². The van der Waals surface area contributed by atoms with E-state index in [9.17, 15) is 14.9 Å². The van der Waals surface area contributed by atoms with Gasteiger partial charge in [-0.2, -0.15) is 5.26 Å². The molecule has 2 fully saturated rings. The molecule has 1 N–H and O–H groups in total. The van der Waals surface area contributed by atoms with Crippen LogP contribution in [0.5, 0.6) is 0 Å². The molecule has 0 saturated heterocycles. The van der Waals surface area contributed by atoms with Gasteiger partial charge in [-0.05, 0) is 50.5 Å². The van der Waals surface area contributed by atoms with Gasteiger partial charge in [0.2, 0.25) is 5.91 Å². The average Bonchev–Trinajstić information content (AvgIpc) is 3.22. The number of nitrogens with one attached hydrogen (secondary N) is 1. The van der Waals surface area contributed by atoms with Crippen molar-refractivity contribution in [3.05, 3.63) is 16.0 Å². The molecule has 1 amide bonds. The zero-order valence-corrected chi connectivity index (χ0v) is 14.2. The van der Waals surface area contributed by atoms with E-state index in [-0.39, 0.29) is 18.4 Å². The number of hydrogen-bond donors (Lipinski definition) is 1. The van der Waals surface area contributed by atoms with Gasteiger partial charge in [0.1, 0.15) is 15.9 Å². The van der Waals surface area contributed by atoms with E-state index in [1.54, 1.807) is 13.8 Å². The minimum atomic E-state index is -0.438. The number of carbonyl (C=O) groups is 2. The van der Waals surface area contributed by atoms with Crippen molar-refractivity contribution in [3.8, 4) is 6.07 Å². The van der Waals surface area contributed by atoms with Gasteiger partial charge in [0.25, 0.3) is 0 Å². The van der Waals surface area contributed by atoms with Crippen molar-refractivity contribution in [3.63, 3.8) is 0 Å². The summed E-state index contributed by atoms with van der Waals surface area (Å²) in [6.45, 7) is 3.74. The molecule has 0 unspecified atom stereocenters. The Balaban J connectivity index is 1.80. The third kappa shape index (κ3) is 2.86. The molecule has 1 heterocycles. The zero-order valence-electron chi connectivity index (χ0n) is 13.3. The smallest absolute Gasteiger partial charge is 0.348 e. The van der Waals surface area contributed by atoms with Crippen LogP contribution < -0.4 is 5.32 Å². The van der Waals surface area contributed by atoms with Crippen molar-refractivity contribution in [2.45, 2.75) is 39.5 Å². The van der Waals surface area contributed by atoms with E-state index in [0.717, 1.165) is 30.6 Å². The van der Waals surface area contributed by atoms with Crippen LogP contribution in [0.1, 0.15) is 53.4 Å². The fourth-order valence-corrected chi connectivity index (χ4v) is 4.95. The third-order valence-electron chi connectivity index (χ3n) is 5.03. The van der Waals surface area contributed by atoms with Crippen molar-refractivity contribution in [2.24, 2.45) is 17.8 Å². The molecule has 5 nitrogen and oxygen atoms in total. The highest BCUT2D eigenvalue weighted by Crippen LogP contribution is 2.48. The molecule has 1 aromatic rings. The number of thiophene rings is 1. The number of fused-ring (bicyclic) bond motifs is 2. The van der Waals surface area contributed by atoms with Gasteiger partial charge in [0, 0.05) is 5.92 Å². The van der Waals surface area contributed by atoms with E-state index < -0.39 is 5.97 Å². The summed E-state index contributed by atoms with van der Waals surface area (Å²) in [5, 5.41) is 12.7. The van der Waals surface area contributed by atoms with E-state index in [2.05, 4.69) is 11.4 Å². The zero-order chi connectivity index (χ0) is 16.6. The molecule has 2 saturated carbocycles. The van der Waals surface area contributed by atoms with E-state index in [4.69, 9.17) is 4.74 Å². The second-order valence-electron chi connectivity index (χ2n) is 6.36. The SMILES string of the molecule is CCOC(=O)c1sc(NC(=O)[C@H]2C[C@H]3CC[C@H]2C3)c(C#N)c1C. The highest BCUT2D eigenvalue weighted by Gasteiger charge is 2.43. The van der Waals surface area contributed by atoms with E-state index >= 15 is 0 Å². The Bertz CT molecular complexity index is 689. The molecule has 1 aromatic heterocycles. The van der Waals surface area contributed by atoms with E-state index in [1.165, 1.54) is 6.42 Å². The molecule has 0 aromatic carbocycles. The summed E-state index contributed by atoms with van der Waals surface area (Å²) in [7, 11) is 0. The first-order valence-electron chi connectivity index (χ1n) is 8.06. The van der Waals surface area contributed by atoms with Crippen molar-refractivity contribution in [1.29, 1.82) is 5.26 Å². The van der Waals surface area contributed by atoms with Gasteiger partial charge in [-0.15, -0.1) is 11.3 Å². The highest BCUT2D eigenvalue weighted by molar-refractivity contribution is 7.18. The van der Waals surface area contributed by atoms with Gasteiger partial charge in [-0.25, -0.2) is 4.79 Å². The summed E-state index contributed by atoms with van der Waals surface area (Å²) in [5.41, 5.74) is 0.953. The Labute approximate surface area is 139 Å². The average molecular weight is 332 g/mol. The maximum atomic E-state index is 12.6. The molecule has 122 valence electrons. The Morgan fingerprint density at radius 3 is 2.74 bits per heavy atom. The quantitative estimate of drug-likeness (QED) is 0.856. The molecule has 0 radical (unpaired) electrons. The standard InChI is InChI=1S/C17H20N2O3S/c1-3-22-17(21)14-9(2)13(8-18)16(23-14)19-15(20)12-7-10-4-5-11(12)6-10/h10-12H,3-7H2,1-2H3,(H,19,20)/t10-,11-,12-/m0/s1. The van der Waals surface area contributed by atoms with Crippen LogP contribution in [-0.2, 0) is 9.53 Å². The largest absolute Gasteiger partial charge is 0.462 e. The molecule has 0 aliphatic heterocycles. The summed E-state index contributed by atoms with van der Waals surface area (Å²) in [4.78, 5) is 24.9. The number of rotatable bonds is 4. The van der Waals surface area contributed by atoms with Crippen molar-refractivity contribution in [1.82, 2.24) is 0 Å². The first-order chi connectivity index (χ1) is 11.0. The Morgan fingerprint density at radius 1 is 1.39 bits per heavy atom. The maximum absolute atomic E-state index is 12.6. The third-order valence-corrected chi connectivity index (χ3v) is 6.22. The lowest BCUT2D eigenvalue weighted by atomic mass is 9.88. The Hall–Kier alpha value is -1.87. The van der Waals surface area contributed by atoms with Crippen LogP contribution in [0.15, 0.2) is 0 Å². The molecule has 2 bridgehead atoms. The lowest BCUT2D eigenvalue weighted by molar-refractivity contribution is -0.121. The second-order valence-corrected chi connectivity index (χ2v) is 7.38. The molecule has 2 aliphatic rings.